The van der Waals surface area contributed by atoms with Gasteiger partial charge in [0.1, 0.15) is 0 Å². The number of hydrogen-bond acceptors (Lipinski definition) is 1. The van der Waals surface area contributed by atoms with E-state index in [1.165, 1.54) is 0 Å². The lowest BCUT2D eigenvalue weighted by molar-refractivity contribution is -0.124. The van der Waals surface area contributed by atoms with E-state index in [9.17, 15) is 4.79 Å². The van der Waals surface area contributed by atoms with Crippen LogP contribution in [0.3, 0.4) is 0 Å². The van der Waals surface area contributed by atoms with Crippen LogP contribution in [0.2, 0.25) is 0 Å². The summed E-state index contributed by atoms with van der Waals surface area (Å²) in [5.41, 5.74) is 0.842. The minimum absolute atomic E-state index is 0.120. The van der Waals surface area contributed by atoms with Crippen molar-refractivity contribution in [1.29, 1.82) is 0 Å². The van der Waals surface area contributed by atoms with E-state index in [1.54, 1.807) is 4.90 Å². The fraction of sp³-hybridized carbons (Fsp3) is 0.308. The smallest absolute Gasteiger partial charge is 0.298 e. The van der Waals surface area contributed by atoms with Crippen molar-refractivity contribution in [3.63, 3.8) is 0 Å². The SMILES string of the molecule is CCN(CC)C(=O)C#Cc1cccc(Br)c1. The van der Waals surface area contributed by atoms with Crippen molar-refractivity contribution in [2.45, 2.75) is 13.8 Å². The first-order valence-corrected chi connectivity index (χ1v) is 6.03. The predicted octanol–water partition coefficient (Wildman–Crippen LogP) is 2.67. The molecule has 0 fully saturated rings. The lowest BCUT2D eigenvalue weighted by atomic mass is 10.2. The third-order valence-corrected chi connectivity index (χ3v) is 2.68. The van der Waals surface area contributed by atoms with Gasteiger partial charge in [0, 0.05) is 29.0 Å². The van der Waals surface area contributed by atoms with Gasteiger partial charge in [0.15, 0.2) is 0 Å². The van der Waals surface area contributed by atoms with Gasteiger partial charge in [0.25, 0.3) is 5.91 Å². The van der Waals surface area contributed by atoms with E-state index in [2.05, 4.69) is 27.8 Å². The highest BCUT2D eigenvalue weighted by atomic mass is 79.9. The molecule has 0 spiro atoms. The first kappa shape index (κ1) is 12.8. The molecular formula is C13H14BrNO. The van der Waals surface area contributed by atoms with Crippen LogP contribution in [0.5, 0.6) is 0 Å². The summed E-state index contributed by atoms with van der Waals surface area (Å²) in [4.78, 5) is 13.3. The van der Waals surface area contributed by atoms with Crippen LogP contribution in [0, 0.1) is 11.8 Å². The van der Waals surface area contributed by atoms with Gasteiger partial charge in [-0.05, 0) is 32.0 Å². The van der Waals surface area contributed by atoms with Crippen LogP contribution in [0.25, 0.3) is 0 Å². The van der Waals surface area contributed by atoms with Gasteiger partial charge < -0.3 is 4.90 Å². The summed E-state index contributed by atoms with van der Waals surface area (Å²) in [7, 11) is 0. The molecule has 2 nitrogen and oxygen atoms in total. The van der Waals surface area contributed by atoms with E-state index in [4.69, 9.17) is 0 Å². The number of halogens is 1. The number of benzene rings is 1. The third-order valence-electron chi connectivity index (χ3n) is 2.19. The highest BCUT2D eigenvalue weighted by Gasteiger charge is 2.04. The molecule has 0 radical (unpaired) electrons. The molecule has 16 heavy (non-hydrogen) atoms. The summed E-state index contributed by atoms with van der Waals surface area (Å²) in [5.74, 6) is 5.39. The van der Waals surface area contributed by atoms with E-state index < -0.39 is 0 Å². The van der Waals surface area contributed by atoms with E-state index >= 15 is 0 Å². The summed E-state index contributed by atoms with van der Waals surface area (Å²) in [6.45, 7) is 5.29. The molecule has 1 amide bonds. The largest absolute Gasteiger partial charge is 0.332 e. The van der Waals surface area contributed by atoms with Crippen molar-refractivity contribution in [3.05, 3.63) is 34.3 Å². The molecule has 1 aromatic rings. The number of nitrogens with zero attached hydrogens (tertiary/aromatic N) is 1. The fourth-order valence-electron chi connectivity index (χ4n) is 1.28. The molecule has 0 aliphatic rings. The van der Waals surface area contributed by atoms with Crippen LogP contribution >= 0.6 is 15.9 Å². The molecule has 0 saturated heterocycles. The Hall–Kier alpha value is -1.27. The highest BCUT2D eigenvalue weighted by Crippen LogP contribution is 2.10. The van der Waals surface area contributed by atoms with Crippen LogP contribution in [-0.2, 0) is 4.79 Å². The summed E-state index contributed by atoms with van der Waals surface area (Å²) >= 11 is 3.36. The molecular weight excluding hydrogens is 266 g/mol. The maximum atomic E-state index is 11.6. The Morgan fingerprint density at radius 2 is 2.06 bits per heavy atom. The first-order valence-electron chi connectivity index (χ1n) is 5.23. The van der Waals surface area contributed by atoms with Crippen molar-refractivity contribution in [1.82, 2.24) is 4.90 Å². The van der Waals surface area contributed by atoms with E-state index in [0.29, 0.717) is 13.1 Å². The molecule has 3 heteroatoms. The predicted molar refractivity (Wildman–Crippen MR) is 68.9 cm³/mol. The first-order chi connectivity index (χ1) is 7.67. The Labute approximate surface area is 105 Å². The van der Waals surface area contributed by atoms with Gasteiger partial charge in [-0.25, -0.2) is 0 Å². The van der Waals surface area contributed by atoms with Crippen LogP contribution in [0.1, 0.15) is 19.4 Å². The summed E-state index contributed by atoms with van der Waals surface area (Å²) in [6, 6.07) is 7.60. The number of amides is 1. The average Bonchev–Trinajstić information content (AvgIpc) is 2.28. The van der Waals surface area contributed by atoms with Gasteiger partial charge in [0.05, 0.1) is 0 Å². The Morgan fingerprint density at radius 3 is 2.62 bits per heavy atom. The molecule has 84 valence electrons. The Bertz CT molecular complexity index is 427. The van der Waals surface area contributed by atoms with Gasteiger partial charge in [-0.3, -0.25) is 4.79 Å². The molecule has 0 bridgehead atoms. The lowest BCUT2D eigenvalue weighted by Gasteiger charge is -2.14. The van der Waals surface area contributed by atoms with Crippen molar-refractivity contribution >= 4 is 21.8 Å². The topological polar surface area (TPSA) is 20.3 Å². The second-order valence-electron chi connectivity index (χ2n) is 3.24. The Morgan fingerprint density at radius 1 is 1.38 bits per heavy atom. The molecule has 0 unspecified atom stereocenters. The summed E-state index contributed by atoms with van der Waals surface area (Å²) < 4.78 is 0.967. The maximum Gasteiger partial charge on any atom is 0.298 e. The monoisotopic (exact) mass is 279 g/mol. The second-order valence-corrected chi connectivity index (χ2v) is 4.15. The van der Waals surface area contributed by atoms with Gasteiger partial charge >= 0.3 is 0 Å². The molecule has 1 aromatic carbocycles. The van der Waals surface area contributed by atoms with Gasteiger partial charge in [0.2, 0.25) is 0 Å². The van der Waals surface area contributed by atoms with Gasteiger partial charge in [-0.2, -0.15) is 0 Å². The minimum Gasteiger partial charge on any atom is -0.332 e. The summed E-state index contributed by atoms with van der Waals surface area (Å²) in [6.07, 6.45) is 0. The van der Waals surface area contributed by atoms with Crippen molar-refractivity contribution < 1.29 is 4.79 Å². The third kappa shape index (κ3) is 3.71. The van der Waals surface area contributed by atoms with Gasteiger partial charge in [-0.1, -0.05) is 27.9 Å². The number of hydrogen-bond donors (Lipinski definition) is 0. The lowest BCUT2D eigenvalue weighted by Crippen LogP contribution is -2.29. The zero-order chi connectivity index (χ0) is 12.0. The zero-order valence-electron chi connectivity index (χ0n) is 9.46. The molecule has 0 heterocycles. The molecule has 0 N–H and O–H groups in total. The van der Waals surface area contributed by atoms with Crippen LogP contribution in [-0.4, -0.2) is 23.9 Å². The van der Waals surface area contributed by atoms with Crippen LogP contribution in [0.15, 0.2) is 28.7 Å². The number of carbonyl (C=O) groups excluding carboxylic acids is 1. The van der Waals surface area contributed by atoms with Crippen LogP contribution < -0.4 is 0 Å². The van der Waals surface area contributed by atoms with E-state index in [1.807, 2.05) is 38.1 Å². The Balaban J connectivity index is 2.78. The molecule has 0 saturated carbocycles. The average molecular weight is 280 g/mol. The molecule has 0 aliphatic heterocycles. The van der Waals surface area contributed by atoms with Crippen molar-refractivity contribution in [3.8, 4) is 11.8 Å². The molecule has 0 aromatic heterocycles. The number of rotatable bonds is 2. The molecule has 0 aliphatic carbocycles. The van der Waals surface area contributed by atoms with Crippen LogP contribution in [0.4, 0.5) is 0 Å². The molecule has 0 atom stereocenters. The van der Waals surface area contributed by atoms with E-state index in [-0.39, 0.29) is 5.91 Å². The normalized spacial score (nSPS) is 9.19. The fourth-order valence-corrected chi connectivity index (χ4v) is 1.68. The standard InChI is InChI=1S/C13H14BrNO/c1-3-15(4-2)13(16)9-8-11-6-5-7-12(14)10-11/h5-7,10H,3-4H2,1-2H3. The second kappa shape index (κ2) is 6.34. The summed E-state index contributed by atoms with van der Waals surface area (Å²) in [5, 5.41) is 0. The highest BCUT2D eigenvalue weighted by molar-refractivity contribution is 9.10. The zero-order valence-corrected chi connectivity index (χ0v) is 11.0. The maximum absolute atomic E-state index is 11.6. The van der Waals surface area contributed by atoms with Gasteiger partial charge in [-0.15, -0.1) is 0 Å². The van der Waals surface area contributed by atoms with Crippen molar-refractivity contribution in [2.75, 3.05) is 13.1 Å². The minimum atomic E-state index is -0.120. The quantitative estimate of drug-likeness (QED) is 0.763. The van der Waals surface area contributed by atoms with E-state index in [0.717, 1.165) is 10.0 Å². The Kier molecular flexibility index (Phi) is 5.07. The van der Waals surface area contributed by atoms with Crippen molar-refractivity contribution in [2.24, 2.45) is 0 Å². The number of carbonyl (C=O) groups is 1. The molecule has 1 rings (SSSR count).